The van der Waals surface area contributed by atoms with Gasteiger partial charge in [0, 0.05) is 23.5 Å². The van der Waals surface area contributed by atoms with Gasteiger partial charge >= 0.3 is 0 Å². The Balaban J connectivity index is 2.01. The van der Waals surface area contributed by atoms with E-state index in [1.165, 1.54) is 11.1 Å². The average Bonchev–Trinajstić information content (AvgIpc) is 2.50. The largest absolute Gasteiger partial charge is 0.310 e. The summed E-state index contributed by atoms with van der Waals surface area (Å²) in [6.45, 7) is 3.22. The van der Waals surface area contributed by atoms with Gasteiger partial charge in [-0.15, -0.1) is 0 Å². The van der Waals surface area contributed by atoms with E-state index in [0.29, 0.717) is 6.04 Å². The predicted molar refractivity (Wildman–Crippen MR) is 85.0 cm³/mol. The van der Waals surface area contributed by atoms with E-state index in [4.69, 9.17) is 11.6 Å². The van der Waals surface area contributed by atoms with Crippen molar-refractivity contribution in [3.05, 3.63) is 64.9 Å². The number of pyridine rings is 1. The molecule has 2 nitrogen and oxygen atoms in total. The summed E-state index contributed by atoms with van der Waals surface area (Å²) < 4.78 is 0. The van der Waals surface area contributed by atoms with E-state index < -0.39 is 0 Å². The number of hydrogen-bond acceptors (Lipinski definition) is 2. The maximum atomic E-state index is 5.96. The highest BCUT2D eigenvalue weighted by Crippen LogP contribution is 2.21. The Morgan fingerprint density at radius 2 is 2.00 bits per heavy atom. The Kier molecular flexibility index (Phi) is 6.03. The lowest BCUT2D eigenvalue weighted by molar-refractivity contribution is 0.499. The van der Waals surface area contributed by atoms with Gasteiger partial charge in [-0.1, -0.05) is 36.7 Å². The van der Waals surface area contributed by atoms with Gasteiger partial charge in [-0.05, 0) is 55.1 Å². The fourth-order valence-corrected chi connectivity index (χ4v) is 2.38. The van der Waals surface area contributed by atoms with Gasteiger partial charge in [0.15, 0.2) is 0 Å². The van der Waals surface area contributed by atoms with Crippen molar-refractivity contribution in [1.82, 2.24) is 10.3 Å². The molecule has 1 unspecified atom stereocenters. The van der Waals surface area contributed by atoms with Gasteiger partial charge in [-0.25, -0.2) is 0 Å². The zero-order chi connectivity index (χ0) is 14.2. The molecule has 2 aromatic rings. The molecule has 0 saturated heterocycles. The van der Waals surface area contributed by atoms with Crippen molar-refractivity contribution in [3.63, 3.8) is 0 Å². The van der Waals surface area contributed by atoms with Gasteiger partial charge in [0.2, 0.25) is 0 Å². The maximum Gasteiger partial charge on any atom is 0.0406 e. The van der Waals surface area contributed by atoms with Gasteiger partial charge in [0.05, 0.1) is 0 Å². The molecule has 106 valence electrons. The first-order valence-corrected chi connectivity index (χ1v) is 7.55. The third-order valence-corrected chi connectivity index (χ3v) is 3.61. The van der Waals surface area contributed by atoms with Crippen LogP contribution in [-0.4, -0.2) is 11.5 Å². The molecule has 0 spiro atoms. The molecule has 0 radical (unpaired) electrons. The first-order valence-electron chi connectivity index (χ1n) is 7.17. The molecule has 0 aliphatic heterocycles. The van der Waals surface area contributed by atoms with Crippen molar-refractivity contribution >= 4 is 11.6 Å². The fraction of sp³-hybridized carbons (Fsp3) is 0.353. The molecule has 0 saturated carbocycles. The summed E-state index contributed by atoms with van der Waals surface area (Å²) in [5.74, 6) is 0. The zero-order valence-corrected chi connectivity index (χ0v) is 12.6. The molecular formula is C17H21ClN2. The number of benzene rings is 1. The van der Waals surface area contributed by atoms with Crippen LogP contribution in [-0.2, 0) is 6.42 Å². The molecular weight excluding hydrogens is 268 g/mol. The van der Waals surface area contributed by atoms with Crippen molar-refractivity contribution in [2.75, 3.05) is 6.54 Å². The van der Waals surface area contributed by atoms with Crippen LogP contribution in [0.4, 0.5) is 0 Å². The van der Waals surface area contributed by atoms with Gasteiger partial charge in [-0.3, -0.25) is 4.98 Å². The highest BCUT2D eigenvalue weighted by molar-refractivity contribution is 6.30. The number of aryl methyl sites for hydroxylation is 1. The van der Waals surface area contributed by atoms with Crippen molar-refractivity contribution in [3.8, 4) is 0 Å². The van der Waals surface area contributed by atoms with Crippen molar-refractivity contribution < 1.29 is 0 Å². The normalized spacial score (nSPS) is 12.3. The molecule has 0 aliphatic carbocycles. The minimum atomic E-state index is 0.368. The highest BCUT2D eigenvalue weighted by Gasteiger charge is 2.10. The lowest BCUT2D eigenvalue weighted by Gasteiger charge is -2.19. The minimum Gasteiger partial charge on any atom is -0.310 e. The molecule has 1 aromatic carbocycles. The van der Waals surface area contributed by atoms with E-state index in [9.17, 15) is 0 Å². The van der Waals surface area contributed by atoms with Crippen LogP contribution in [0.15, 0.2) is 48.8 Å². The zero-order valence-electron chi connectivity index (χ0n) is 11.8. The average molecular weight is 289 g/mol. The Morgan fingerprint density at radius 3 is 2.65 bits per heavy atom. The third-order valence-electron chi connectivity index (χ3n) is 3.36. The molecule has 3 heteroatoms. The molecule has 0 aliphatic rings. The SMILES string of the molecule is CCCNC(CCc1cccnc1)c1ccc(Cl)cc1. The molecule has 0 bridgehead atoms. The summed E-state index contributed by atoms with van der Waals surface area (Å²) in [7, 11) is 0. The quantitative estimate of drug-likeness (QED) is 0.816. The monoisotopic (exact) mass is 288 g/mol. The Labute approximate surface area is 126 Å². The molecule has 20 heavy (non-hydrogen) atoms. The van der Waals surface area contributed by atoms with Crippen LogP contribution in [0.2, 0.25) is 5.02 Å². The van der Waals surface area contributed by atoms with Gasteiger partial charge < -0.3 is 5.32 Å². The summed E-state index contributed by atoms with van der Waals surface area (Å²) in [5, 5.41) is 4.40. The molecule has 2 rings (SSSR count). The van der Waals surface area contributed by atoms with Crippen LogP contribution < -0.4 is 5.32 Å². The van der Waals surface area contributed by atoms with Crippen LogP contribution in [0.5, 0.6) is 0 Å². The van der Waals surface area contributed by atoms with E-state index in [1.54, 1.807) is 0 Å². The van der Waals surface area contributed by atoms with E-state index in [1.807, 2.05) is 30.6 Å². The van der Waals surface area contributed by atoms with Crippen molar-refractivity contribution in [1.29, 1.82) is 0 Å². The molecule has 1 aromatic heterocycles. The second-order valence-corrected chi connectivity index (χ2v) is 5.39. The van der Waals surface area contributed by atoms with Gasteiger partial charge in [0.1, 0.15) is 0 Å². The summed E-state index contributed by atoms with van der Waals surface area (Å²) in [6, 6.07) is 12.6. The fourth-order valence-electron chi connectivity index (χ4n) is 2.26. The Bertz CT molecular complexity index is 496. The molecule has 0 fully saturated rings. The van der Waals surface area contributed by atoms with E-state index >= 15 is 0 Å². The molecule has 1 heterocycles. The summed E-state index contributed by atoms with van der Waals surface area (Å²) >= 11 is 5.96. The highest BCUT2D eigenvalue weighted by atomic mass is 35.5. The number of halogens is 1. The number of nitrogens with zero attached hydrogens (tertiary/aromatic N) is 1. The second-order valence-electron chi connectivity index (χ2n) is 4.96. The molecule has 1 N–H and O–H groups in total. The first kappa shape index (κ1) is 15.0. The molecule has 1 atom stereocenters. The van der Waals surface area contributed by atoms with Gasteiger partial charge in [-0.2, -0.15) is 0 Å². The summed E-state index contributed by atoms with van der Waals surface area (Å²) in [4.78, 5) is 4.17. The third kappa shape index (κ3) is 4.62. The standard InChI is InChI=1S/C17H21ClN2/c1-2-11-20-17(15-6-8-16(18)9-7-15)10-5-14-4-3-12-19-13-14/h3-4,6-9,12-13,17,20H,2,5,10-11H2,1H3. The van der Waals surface area contributed by atoms with Gasteiger partial charge in [0.25, 0.3) is 0 Å². The topological polar surface area (TPSA) is 24.9 Å². The van der Waals surface area contributed by atoms with Crippen LogP contribution in [0.25, 0.3) is 0 Å². The van der Waals surface area contributed by atoms with Crippen LogP contribution in [0.1, 0.15) is 36.9 Å². The Hall–Kier alpha value is -1.38. The summed E-state index contributed by atoms with van der Waals surface area (Å²) in [5.41, 5.74) is 2.58. The van der Waals surface area contributed by atoms with E-state index in [-0.39, 0.29) is 0 Å². The summed E-state index contributed by atoms with van der Waals surface area (Å²) in [6.07, 6.45) is 6.98. The minimum absolute atomic E-state index is 0.368. The van der Waals surface area contributed by atoms with E-state index in [2.05, 4.69) is 35.4 Å². The smallest absolute Gasteiger partial charge is 0.0406 e. The maximum absolute atomic E-state index is 5.96. The van der Waals surface area contributed by atoms with Crippen LogP contribution in [0.3, 0.4) is 0 Å². The number of hydrogen-bond donors (Lipinski definition) is 1. The van der Waals surface area contributed by atoms with Crippen molar-refractivity contribution in [2.24, 2.45) is 0 Å². The van der Waals surface area contributed by atoms with Crippen LogP contribution >= 0.6 is 11.6 Å². The first-order chi connectivity index (χ1) is 9.79. The number of nitrogens with one attached hydrogen (secondary N) is 1. The van der Waals surface area contributed by atoms with Crippen molar-refractivity contribution in [2.45, 2.75) is 32.2 Å². The lowest BCUT2D eigenvalue weighted by atomic mass is 9.99. The Morgan fingerprint density at radius 1 is 1.20 bits per heavy atom. The number of aromatic nitrogens is 1. The molecule has 0 amide bonds. The van der Waals surface area contributed by atoms with Crippen LogP contribution in [0, 0.1) is 0 Å². The van der Waals surface area contributed by atoms with E-state index in [0.717, 1.165) is 30.8 Å². The lowest BCUT2D eigenvalue weighted by Crippen LogP contribution is -2.22. The predicted octanol–water partition coefficient (Wildman–Crippen LogP) is 4.41. The second kappa shape index (κ2) is 8.03. The number of rotatable bonds is 7.